The maximum Gasteiger partial charge on any atom is 0.221 e. The predicted octanol–water partition coefficient (Wildman–Crippen LogP) is 5.53. The van der Waals surface area contributed by atoms with Crippen LogP contribution in [0.15, 0.2) is 72.8 Å². The molecule has 5 nitrogen and oxygen atoms in total. The van der Waals surface area contributed by atoms with Crippen LogP contribution in [0.25, 0.3) is 0 Å². The van der Waals surface area contributed by atoms with Crippen molar-refractivity contribution in [2.45, 2.75) is 25.7 Å². The maximum absolute atomic E-state index is 13.5. The van der Waals surface area contributed by atoms with Gasteiger partial charge in [0.2, 0.25) is 5.91 Å². The van der Waals surface area contributed by atoms with E-state index in [0.29, 0.717) is 18.0 Å². The average Bonchev–Trinajstić information content (AvgIpc) is 2.90. The highest BCUT2D eigenvalue weighted by molar-refractivity contribution is 5.90. The first kappa shape index (κ1) is 26.8. The molecular weight excluding hydrogens is 472 g/mol. The van der Waals surface area contributed by atoms with Crippen molar-refractivity contribution < 1.29 is 18.3 Å². The SMILES string of the molecule is CC(=O)Nc1ccccc1OCCN1CCN(CCCC(c2ccc(F)cc2)c2ccc(F)cc2)CC1. The topological polar surface area (TPSA) is 44.8 Å². The van der Waals surface area contributed by atoms with Gasteiger partial charge in [-0.25, -0.2) is 8.78 Å². The van der Waals surface area contributed by atoms with Gasteiger partial charge in [0.15, 0.2) is 0 Å². The number of anilines is 1. The van der Waals surface area contributed by atoms with Gasteiger partial charge in [0.1, 0.15) is 24.0 Å². The molecule has 1 aliphatic rings. The molecule has 7 heteroatoms. The summed E-state index contributed by atoms with van der Waals surface area (Å²) in [6, 6.07) is 20.8. The number of benzene rings is 3. The Balaban J connectivity index is 1.21. The largest absolute Gasteiger partial charge is 0.490 e. The minimum absolute atomic E-state index is 0.111. The molecule has 4 rings (SSSR count). The molecule has 1 heterocycles. The lowest BCUT2D eigenvalue weighted by molar-refractivity contribution is -0.114. The van der Waals surface area contributed by atoms with Gasteiger partial charge in [-0.05, 0) is 66.9 Å². The second-order valence-electron chi connectivity index (χ2n) is 9.51. The number of nitrogens with zero attached hydrogens (tertiary/aromatic N) is 2. The zero-order chi connectivity index (χ0) is 26.0. The van der Waals surface area contributed by atoms with Crippen molar-refractivity contribution in [1.82, 2.24) is 9.80 Å². The van der Waals surface area contributed by atoms with E-state index in [9.17, 15) is 13.6 Å². The van der Waals surface area contributed by atoms with Gasteiger partial charge in [-0.1, -0.05) is 36.4 Å². The fraction of sp³-hybridized carbons (Fsp3) is 0.367. The van der Waals surface area contributed by atoms with Crippen molar-refractivity contribution in [1.29, 1.82) is 0 Å². The van der Waals surface area contributed by atoms with Crippen LogP contribution in [-0.2, 0) is 4.79 Å². The van der Waals surface area contributed by atoms with E-state index in [2.05, 4.69) is 15.1 Å². The highest BCUT2D eigenvalue weighted by Gasteiger charge is 2.19. The highest BCUT2D eigenvalue weighted by Crippen LogP contribution is 2.30. The summed E-state index contributed by atoms with van der Waals surface area (Å²) in [7, 11) is 0. The third kappa shape index (κ3) is 8.10. The number of hydrogen-bond donors (Lipinski definition) is 1. The molecule has 0 unspecified atom stereocenters. The van der Waals surface area contributed by atoms with Gasteiger partial charge < -0.3 is 15.0 Å². The predicted molar refractivity (Wildman–Crippen MR) is 143 cm³/mol. The first-order chi connectivity index (χ1) is 18.0. The number of amides is 1. The van der Waals surface area contributed by atoms with E-state index in [1.807, 2.05) is 48.5 Å². The standard InChI is InChI=1S/C30H35F2N3O2/c1-23(36)33-29-6-2-3-7-30(29)37-22-21-35-19-17-34(18-20-35)16-4-5-28(24-8-12-26(31)13-9-24)25-10-14-27(32)15-11-25/h2-3,6-15,28H,4-5,16-22H2,1H3,(H,33,36). The lowest BCUT2D eigenvalue weighted by Gasteiger charge is -2.34. The number of carbonyl (C=O) groups is 1. The second-order valence-corrected chi connectivity index (χ2v) is 9.51. The quantitative estimate of drug-likeness (QED) is 0.371. The van der Waals surface area contributed by atoms with Crippen LogP contribution in [0.3, 0.4) is 0 Å². The van der Waals surface area contributed by atoms with E-state index in [0.717, 1.165) is 63.2 Å². The summed E-state index contributed by atoms with van der Waals surface area (Å²) in [5.41, 5.74) is 2.80. The number of carbonyl (C=O) groups excluding carboxylic acids is 1. The number of rotatable bonds is 11. The maximum atomic E-state index is 13.5. The molecular formula is C30H35F2N3O2. The summed E-state index contributed by atoms with van der Waals surface area (Å²) < 4.78 is 32.9. The Labute approximate surface area is 218 Å². The zero-order valence-corrected chi connectivity index (χ0v) is 21.3. The van der Waals surface area contributed by atoms with Crippen LogP contribution in [0.2, 0.25) is 0 Å². The van der Waals surface area contributed by atoms with Crippen molar-refractivity contribution >= 4 is 11.6 Å². The molecule has 0 spiro atoms. The van der Waals surface area contributed by atoms with Gasteiger partial charge in [-0.2, -0.15) is 0 Å². The molecule has 1 N–H and O–H groups in total. The molecule has 0 aromatic heterocycles. The molecule has 3 aromatic carbocycles. The van der Waals surface area contributed by atoms with Crippen LogP contribution in [0.4, 0.5) is 14.5 Å². The minimum atomic E-state index is -0.248. The van der Waals surface area contributed by atoms with Crippen molar-refractivity contribution in [2.24, 2.45) is 0 Å². The molecule has 196 valence electrons. The van der Waals surface area contributed by atoms with Gasteiger partial charge in [-0.3, -0.25) is 9.69 Å². The number of hydrogen-bond acceptors (Lipinski definition) is 4. The third-order valence-electron chi connectivity index (χ3n) is 6.84. The lowest BCUT2D eigenvalue weighted by atomic mass is 9.87. The van der Waals surface area contributed by atoms with E-state index in [1.54, 1.807) is 0 Å². The van der Waals surface area contributed by atoms with E-state index >= 15 is 0 Å². The molecule has 1 fully saturated rings. The molecule has 0 saturated carbocycles. The molecule has 1 aliphatic heterocycles. The smallest absolute Gasteiger partial charge is 0.221 e. The summed E-state index contributed by atoms with van der Waals surface area (Å²) in [5.74, 6) is 0.186. The number of nitrogens with one attached hydrogen (secondary N) is 1. The van der Waals surface area contributed by atoms with Gasteiger partial charge in [0, 0.05) is 45.6 Å². The van der Waals surface area contributed by atoms with Gasteiger partial charge >= 0.3 is 0 Å². The van der Waals surface area contributed by atoms with Crippen LogP contribution in [0.1, 0.15) is 36.8 Å². The van der Waals surface area contributed by atoms with Gasteiger partial charge in [-0.15, -0.1) is 0 Å². The molecule has 0 aliphatic carbocycles. The average molecular weight is 508 g/mol. The summed E-state index contributed by atoms with van der Waals surface area (Å²) in [4.78, 5) is 16.3. The molecule has 1 saturated heterocycles. The van der Waals surface area contributed by atoms with Crippen molar-refractivity contribution in [2.75, 3.05) is 51.2 Å². The zero-order valence-electron chi connectivity index (χ0n) is 21.3. The summed E-state index contributed by atoms with van der Waals surface area (Å²) in [5, 5.41) is 2.80. The first-order valence-electron chi connectivity index (χ1n) is 12.9. The van der Waals surface area contributed by atoms with E-state index < -0.39 is 0 Å². The van der Waals surface area contributed by atoms with Crippen LogP contribution in [0, 0.1) is 11.6 Å². The first-order valence-corrected chi connectivity index (χ1v) is 12.9. The summed E-state index contributed by atoms with van der Waals surface area (Å²) in [6.07, 6.45) is 1.92. The Morgan fingerprint density at radius 3 is 1.95 bits per heavy atom. The van der Waals surface area contributed by atoms with Crippen LogP contribution < -0.4 is 10.1 Å². The molecule has 1 amide bonds. The monoisotopic (exact) mass is 507 g/mol. The number of halogens is 2. The number of para-hydroxylation sites is 2. The molecule has 0 bridgehead atoms. The number of ether oxygens (including phenoxy) is 1. The van der Waals surface area contributed by atoms with E-state index in [1.165, 1.54) is 31.2 Å². The summed E-state index contributed by atoms with van der Waals surface area (Å²) >= 11 is 0. The lowest BCUT2D eigenvalue weighted by Crippen LogP contribution is -2.47. The fourth-order valence-electron chi connectivity index (χ4n) is 4.84. The number of piperazine rings is 1. The minimum Gasteiger partial charge on any atom is -0.490 e. The normalized spacial score (nSPS) is 14.6. The molecule has 0 radical (unpaired) electrons. The second kappa shape index (κ2) is 13.3. The van der Waals surface area contributed by atoms with Crippen molar-refractivity contribution in [3.63, 3.8) is 0 Å². The van der Waals surface area contributed by atoms with Crippen LogP contribution >= 0.6 is 0 Å². The van der Waals surface area contributed by atoms with Crippen LogP contribution in [0.5, 0.6) is 5.75 Å². The fourth-order valence-corrected chi connectivity index (χ4v) is 4.84. The molecule has 3 aromatic rings. The van der Waals surface area contributed by atoms with Gasteiger partial charge in [0.05, 0.1) is 5.69 Å². The highest BCUT2D eigenvalue weighted by atomic mass is 19.1. The van der Waals surface area contributed by atoms with Crippen molar-refractivity contribution in [3.05, 3.63) is 95.6 Å². The van der Waals surface area contributed by atoms with E-state index in [-0.39, 0.29) is 23.5 Å². The summed E-state index contributed by atoms with van der Waals surface area (Å²) in [6.45, 7) is 7.84. The van der Waals surface area contributed by atoms with Crippen molar-refractivity contribution in [3.8, 4) is 5.75 Å². The Bertz CT molecular complexity index is 1080. The Hall–Kier alpha value is -3.29. The third-order valence-corrected chi connectivity index (χ3v) is 6.84. The van der Waals surface area contributed by atoms with E-state index in [4.69, 9.17) is 4.74 Å². The Kier molecular flexibility index (Phi) is 9.63. The molecule has 37 heavy (non-hydrogen) atoms. The molecule has 0 atom stereocenters. The van der Waals surface area contributed by atoms with Crippen LogP contribution in [-0.4, -0.2) is 61.6 Å². The van der Waals surface area contributed by atoms with Gasteiger partial charge in [0.25, 0.3) is 0 Å². The Morgan fingerprint density at radius 1 is 0.838 bits per heavy atom. The Morgan fingerprint density at radius 2 is 1.38 bits per heavy atom.